The van der Waals surface area contributed by atoms with Crippen molar-refractivity contribution in [1.29, 1.82) is 0 Å². The normalized spacial score (nSPS) is 13.0. The Bertz CT molecular complexity index is 1100. The lowest BCUT2D eigenvalue weighted by molar-refractivity contribution is -0.107. The molecule has 32 heavy (non-hydrogen) atoms. The van der Waals surface area contributed by atoms with Crippen LogP contribution in [-0.2, 0) is 30.9 Å². The number of rotatable bonds is 8. The molecule has 0 aliphatic carbocycles. The van der Waals surface area contributed by atoms with Crippen LogP contribution >= 0.6 is 0 Å². The monoisotopic (exact) mass is 434 g/mol. The molecule has 3 nitrogen and oxygen atoms in total. The Morgan fingerprint density at radius 3 is 2.56 bits per heavy atom. The van der Waals surface area contributed by atoms with E-state index in [0.29, 0.717) is 36.2 Å². The van der Waals surface area contributed by atoms with Crippen molar-refractivity contribution in [3.63, 3.8) is 0 Å². The van der Waals surface area contributed by atoms with Gasteiger partial charge in [0.05, 0.1) is 0 Å². The topological polar surface area (TPSA) is 32.3 Å². The molecule has 166 valence electrons. The van der Waals surface area contributed by atoms with Crippen molar-refractivity contribution in [1.82, 2.24) is 0 Å². The van der Waals surface area contributed by atoms with E-state index in [2.05, 4.69) is 29.3 Å². The number of aryl methyl sites for hydroxylation is 2. The van der Waals surface area contributed by atoms with Gasteiger partial charge in [0.15, 0.2) is 0 Å². The predicted octanol–water partition coefficient (Wildman–Crippen LogP) is 6.43. The summed E-state index contributed by atoms with van der Waals surface area (Å²) in [7, 11) is 0. The SMILES string of the molecule is Cc1c(CNc2ccc(CCC=O)c(F)c2)ccc2c1N(c1ccc(CF)cc1)CCC2. The zero-order valence-electron chi connectivity index (χ0n) is 18.3. The van der Waals surface area contributed by atoms with Crippen LogP contribution in [0.5, 0.6) is 0 Å². The van der Waals surface area contributed by atoms with Crippen LogP contribution in [0.25, 0.3) is 0 Å². The van der Waals surface area contributed by atoms with Crippen LogP contribution in [0.1, 0.15) is 40.7 Å². The second-order valence-corrected chi connectivity index (χ2v) is 8.28. The molecule has 0 saturated heterocycles. The zero-order valence-corrected chi connectivity index (χ0v) is 18.3. The van der Waals surface area contributed by atoms with Crippen molar-refractivity contribution in [2.45, 2.75) is 45.8 Å². The number of alkyl halides is 1. The quantitative estimate of drug-likeness (QED) is 0.415. The molecule has 0 amide bonds. The third-order valence-electron chi connectivity index (χ3n) is 6.19. The Labute approximate surface area is 188 Å². The summed E-state index contributed by atoms with van der Waals surface area (Å²) in [5.74, 6) is -0.290. The van der Waals surface area contributed by atoms with E-state index in [-0.39, 0.29) is 5.82 Å². The highest BCUT2D eigenvalue weighted by Crippen LogP contribution is 2.38. The van der Waals surface area contributed by atoms with Crippen molar-refractivity contribution in [2.24, 2.45) is 0 Å². The van der Waals surface area contributed by atoms with Gasteiger partial charge in [-0.15, -0.1) is 0 Å². The molecule has 0 unspecified atom stereocenters. The van der Waals surface area contributed by atoms with Crippen molar-refractivity contribution in [3.05, 3.63) is 88.2 Å². The number of hydrogen-bond acceptors (Lipinski definition) is 3. The van der Waals surface area contributed by atoms with Gasteiger partial charge >= 0.3 is 0 Å². The van der Waals surface area contributed by atoms with Crippen LogP contribution in [0.15, 0.2) is 54.6 Å². The fourth-order valence-corrected chi connectivity index (χ4v) is 4.40. The number of carbonyl (C=O) groups is 1. The molecule has 1 aliphatic rings. The minimum atomic E-state index is -0.454. The number of nitrogens with one attached hydrogen (secondary N) is 1. The van der Waals surface area contributed by atoms with E-state index < -0.39 is 6.67 Å². The summed E-state index contributed by atoms with van der Waals surface area (Å²) in [4.78, 5) is 12.9. The first-order valence-corrected chi connectivity index (χ1v) is 11.1. The number of anilines is 3. The summed E-state index contributed by atoms with van der Waals surface area (Å²) < 4.78 is 27.2. The van der Waals surface area contributed by atoms with Gasteiger partial charge in [0.2, 0.25) is 0 Å². The van der Waals surface area contributed by atoms with E-state index in [4.69, 9.17) is 0 Å². The summed E-state index contributed by atoms with van der Waals surface area (Å²) in [6.07, 6.45) is 3.66. The van der Waals surface area contributed by atoms with E-state index in [9.17, 15) is 13.6 Å². The Morgan fingerprint density at radius 1 is 1.06 bits per heavy atom. The van der Waals surface area contributed by atoms with Gasteiger partial charge in [0.1, 0.15) is 18.8 Å². The van der Waals surface area contributed by atoms with E-state index in [1.165, 1.54) is 22.9 Å². The lowest BCUT2D eigenvalue weighted by atomic mass is 9.94. The molecule has 0 atom stereocenters. The average Bonchev–Trinajstić information content (AvgIpc) is 2.83. The first kappa shape index (κ1) is 22.0. The van der Waals surface area contributed by atoms with Crippen LogP contribution in [0.4, 0.5) is 25.8 Å². The third-order valence-corrected chi connectivity index (χ3v) is 6.19. The molecule has 1 N–H and O–H groups in total. The molecule has 0 spiro atoms. The highest BCUT2D eigenvalue weighted by molar-refractivity contribution is 5.72. The van der Waals surface area contributed by atoms with Crippen LogP contribution < -0.4 is 10.2 Å². The van der Waals surface area contributed by atoms with Crippen molar-refractivity contribution < 1.29 is 13.6 Å². The maximum absolute atomic E-state index is 14.3. The minimum Gasteiger partial charge on any atom is -0.381 e. The predicted molar refractivity (Wildman–Crippen MR) is 126 cm³/mol. The number of nitrogens with zero attached hydrogens (tertiary/aromatic N) is 1. The third kappa shape index (κ3) is 4.67. The van der Waals surface area contributed by atoms with Gasteiger partial charge in [-0.1, -0.05) is 30.3 Å². The van der Waals surface area contributed by atoms with Crippen molar-refractivity contribution in [3.8, 4) is 0 Å². The Balaban J connectivity index is 1.55. The lowest BCUT2D eigenvalue weighted by Crippen LogP contribution is -2.26. The highest BCUT2D eigenvalue weighted by Gasteiger charge is 2.22. The summed E-state index contributed by atoms with van der Waals surface area (Å²) in [5.41, 5.74) is 7.93. The molecule has 5 heteroatoms. The zero-order chi connectivity index (χ0) is 22.5. The Hall–Kier alpha value is -3.21. The van der Waals surface area contributed by atoms with Crippen molar-refractivity contribution >= 4 is 23.3 Å². The average molecular weight is 435 g/mol. The number of benzene rings is 3. The largest absolute Gasteiger partial charge is 0.381 e. The summed E-state index contributed by atoms with van der Waals surface area (Å²) >= 11 is 0. The number of fused-ring (bicyclic) bond motifs is 1. The molecule has 0 radical (unpaired) electrons. The van der Waals surface area contributed by atoms with E-state index in [1.807, 2.05) is 30.3 Å². The first-order chi connectivity index (χ1) is 15.6. The number of aldehydes is 1. The second kappa shape index (κ2) is 9.94. The molecule has 3 aromatic carbocycles. The Kier molecular flexibility index (Phi) is 6.84. The fourth-order valence-electron chi connectivity index (χ4n) is 4.40. The van der Waals surface area contributed by atoms with Crippen molar-refractivity contribution in [2.75, 3.05) is 16.8 Å². The van der Waals surface area contributed by atoms with Gasteiger partial charge in [-0.3, -0.25) is 0 Å². The molecular weight excluding hydrogens is 406 g/mol. The van der Waals surface area contributed by atoms with Crippen LogP contribution in [0, 0.1) is 12.7 Å². The number of hydrogen-bond donors (Lipinski definition) is 1. The Morgan fingerprint density at radius 2 is 1.84 bits per heavy atom. The van der Waals surface area contributed by atoms with Gasteiger partial charge in [0.25, 0.3) is 0 Å². The number of carbonyl (C=O) groups excluding carboxylic acids is 1. The number of halogens is 2. The van der Waals surface area contributed by atoms with Gasteiger partial charge in [0, 0.05) is 36.6 Å². The first-order valence-electron chi connectivity index (χ1n) is 11.1. The molecule has 0 bridgehead atoms. The second-order valence-electron chi connectivity index (χ2n) is 8.28. The smallest absolute Gasteiger partial charge is 0.128 e. The van der Waals surface area contributed by atoms with Crippen LogP contribution in [-0.4, -0.2) is 12.8 Å². The fraction of sp³-hybridized carbons (Fsp3) is 0.296. The molecular formula is C27H28F2N2O. The molecule has 3 aromatic rings. The molecule has 0 aromatic heterocycles. The van der Waals surface area contributed by atoms with Crippen LogP contribution in [0.2, 0.25) is 0 Å². The van der Waals surface area contributed by atoms with E-state index in [1.54, 1.807) is 6.07 Å². The lowest BCUT2D eigenvalue weighted by Gasteiger charge is -2.34. The van der Waals surface area contributed by atoms with Gasteiger partial charge in [-0.2, -0.15) is 0 Å². The molecule has 1 aliphatic heterocycles. The summed E-state index contributed by atoms with van der Waals surface area (Å²) in [5, 5.41) is 3.33. The van der Waals surface area contributed by atoms with Gasteiger partial charge in [-0.05, 0) is 78.3 Å². The van der Waals surface area contributed by atoms with E-state index >= 15 is 0 Å². The standard InChI is InChI=1S/C27H28F2N2O/c1-19-23(18-30-24-11-10-21(5-3-15-32)26(29)16-24)9-8-22-4-2-14-31(27(19)22)25-12-6-20(17-28)7-13-25/h6-13,15-16,30H,2-5,14,17-18H2,1H3. The minimum absolute atomic E-state index is 0.290. The maximum atomic E-state index is 14.3. The van der Waals surface area contributed by atoms with Gasteiger partial charge in [-0.25, -0.2) is 8.78 Å². The molecule has 4 rings (SSSR count). The molecule has 0 fully saturated rings. The highest BCUT2D eigenvalue weighted by atomic mass is 19.1. The van der Waals surface area contributed by atoms with Crippen LogP contribution in [0.3, 0.4) is 0 Å². The maximum Gasteiger partial charge on any atom is 0.128 e. The van der Waals surface area contributed by atoms with E-state index in [0.717, 1.165) is 36.9 Å². The van der Waals surface area contributed by atoms with Gasteiger partial charge < -0.3 is 15.0 Å². The molecule has 1 heterocycles. The summed E-state index contributed by atoms with van der Waals surface area (Å²) in [6, 6.07) is 17.1. The summed E-state index contributed by atoms with van der Waals surface area (Å²) in [6.45, 7) is 3.19. The molecule has 0 saturated carbocycles.